The molecule has 0 aliphatic rings. The van der Waals surface area contributed by atoms with Gasteiger partial charge in [-0.1, -0.05) is 46.3 Å². The Kier molecular flexibility index (Phi) is 4.84. The van der Waals surface area contributed by atoms with Gasteiger partial charge in [-0.05, 0) is 29.8 Å². The van der Waals surface area contributed by atoms with Crippen LogP contribution in [-0.2, 0) is 6.54 Å². The molecule has 4 aromatic rings. The van der Waals surface area contributed by atoms with Crippen molar-refractivity contribution in [1.29, 1.82) is 0 Å². The molecule has 0 fully saturated rings. The molecule has 0 atom stereocenters. The van der Waals surface area contributed by atoms with E-state index >= 15 is 0 Å². The van der Waals surface area contributed by atoms with Gasteiger partial charge in [-0.2, -0.15) is 10.2 Å². The molecule has 27 heavy (non-hydrogen) atoms. The van der Waals surface area contributed by atoms with Gasteiger partial charge >= 0.3 is 0 Å². The second-order valence-corrected chi connectivity index (χ2v) is 6.93. The summed E-state index contributed by atoms with van der Waals surface area (Å²) in [6.45, 7) is 0.596. The summed E-state index contributed by atoms with van der Waals surface area (Å²) in [5.74, 6) is -0.347. The number of hydrazone groups is 1. The summed E-state index contributed by atoms with van der Waals surface area (Å²) < 4.78 is 2.75. The van der Waals surface area contributed by atoms with Crippen LogP contribution < -0.4 is 5.43 Å². The molecular formula is C20H16BrN5O. The molecule has 134 valence electrons. The molecule has 0 saturated carbocycles. The number of rotatable bonds is 5. The number of hydrogen-bond donors (Lipinski definition) is 2. The van der Waals surface area contributed by atoms with E-state index in [1.54, 1.807) is 23.2 Å². The van der Waals surface area contributed by atoms with Crippen LogP contribution in [0.15, 0.2) is 76.6 Å². The predicted molar refractivity (Wildman–Crippen MR) is 109 cm³/mol. The Morgan fingerprint density at radius 2 is 2.00 bits per heavy atom. The van der Waals surface area contributed by atoms with Crippen molar-refractivity contribution in [2.75, 3.05) is 0 Å². The Balaban J connectivity index is 1.40. The van der Waals surface area contributed by atoms with Gasteiger partial charge in [0.1, 0.15) is 0 Å². The summed E-state index contributed by atoms with van der Waals surface area (Å²) in [5, 5.41) is 9.40. The third-order valence-corrected chi connectivity index (χ3v) is 4.65. The number of benzene rings is 2. The number of hydrogen-bond acceptors (Lipinski definition) is 3. The zero-order valence-electron chi connectivity index (χ0n) is 14.3. The number of aromatic amines is 1. The van der Waals surface area contributed by atoms with Crippen molar-refractivity contribution in [3.63, 3.8) is 0 Å². The van der Waals surface area contributed by atoms with Crippen LogP contribution in [0.25, 0.3) is 10.9 Å². The zero-order valence-corrected chi connectivity index (χ0v) is 15.8. The lowest BCUT2D eigenvalue weighted by molar-refractivity contribution is 0.0949. The molecule has 0 bridgehead atoms. The smallest absolute Gasteiger partial charge is 0.291 e. The molecule has 0 aliphatic carbocycles. The molecule has 2 aromatic heterocycles. The third-order valence-electron chi connectivity index (χ3n) is 4.12. The normalized spacial score (nSPS) is 11.3. The lowest BCUT2D eigenvalue weighted by atomic mass is 10.2. The highest BCUT2D eigenvalue weighted by Crippen LogP contribution is 2.15. The van der Waals surface area contributed by atoms with E-state index in [9.17, 15) is 4.79 Å². The van der Waals surface area contributed by atoms with Crippen LogP contribution in [0.1, 0.15) is 21.6 Å². The second kappa shape index (κ2) is 7.59. The molecule has 4 rings (SSSR count). The first-order valence-electron chi connectivity index (χ1n) is 8.36. The zero-order chi connectivity index (χ0) is 18.6. The maximum Gasteiger partial charge on any atom is 0.291 e. The monoisotopic (exact) mass is 421 g/mol. The largest absolute Gasteiger partial charge is 0.361 e. The molecule has 2 N–H and O–H groups in total. The minimum atomic E-state index is -0.347. The van der Waals surface area contributed by atoms with Gasteiger partial charge in [-0.15, -0.1) is 0 Å². The number of carbonyl (C=O) groups is 1. The van der Waals surface area contributed by atoms with Gasteiger partial charge in [0.25, 0.3) is 5.91 Å². The maximum absolute atomic E-state index is 12.2. The Bertz CT molecular complexity index is 1110. The molecule has 0 unspecified atom stereocenters. The topological polar surface area (TPSA) is 75.1 Å². The fourth-order valence-corrected chi connectivity index (χ4v) is 3.03. The van der Waals surface area contributed by atoms with Gasteiger partial charge < -0.3 is 4.98 Å². The van der Waals surface area contributed by atoms with Gasteiger partial charge in [0.15, 0.2) is 5.69 Å². The number of amides is 1. The van der Waals surface area contributed by atoms with Crippen molar-refractivity contribution >= 4 is 39.0 Å². The number of nitrogens with zero attached hydrogens (tertiary/aromatic N) is 3. The third kappa shape index (κ3) is 3.98. The standard InChI is InChI=1S/C20H16BrN5O/c21-16-7-5-14(6-8-16)13-26-10-9-19(25-26)20(27)24-23-12-15-11-22-18-4-2-1-3-17(15)18/h1-12,22H,13H2,(H,24,27). The van der Waals surface area contributed by atoms with E-state index in [2.05, 4.69) is 36.5 Å². The lowest BCUT2D eigenvalue weighted by Gasteiger charge is -2.02. The summed E-state index contributed by atoms with van der Waals surface area (Å²) in [5.41, 5.74) is 5.88. The lowest BCUT2D eigenvalue weighted by Crippen LogP contribution is -2.18. The maximum atomic E-state index is 12.2. The number of H-pyrrole nitrogens is 1. The first kappa shape index (κ1) is 17.2. The number of carbonyl (C=O) groups excluding carboxylic acids is 1. The summed E-state index contributed by atoms with van der Waals surface area (Å²) in [6, 6.07) is 17.6. The highest BCUT2D eigenvalue weighted by atomic mass is 79.9. The van der Waals surface area contributed by atoms with E-state index in [1.165, 1.54) is 0 Å². The van der Waals surface area contributed by atoms with E-state index in [1.807, 2.05) is 54.7 Å². The Morgan fingerprint density at radius 1 is 1.19 bits per heavy atom. The average molecular weight is 422 g/mol. The van der Waals surface area contributed by atoms with Crippen LogP contribution in [-0.4, -0.2) is 26.9 Å². The fourth-order valence-electron chi connectivity index (χ4n) is 2.77. The van der Waals surface area contributed by atoms with Crippen molar-refractivity contribution in [3.8, 4) is 0 Å². The van der Waals surface area contributed by atoms with E-state index in [0.717, 1.165) is 26.5 Å². The molecule has 0 radical (unpaired) electrons. The number of aromatic nitrogens is 3. The second-order valence-electron chi connectivity index (χ2n) is 6.01. The molecule has 2 heterocycles. The van der Waals surface area contributed by atoms with Gasteiger partial charge in [0.05, 0.1) is 12.8 Å². The van der Waals surface area contributed by atoms with Crippen LogP contribution in [0, 0.1) is 0 Å². The molecule has 2 aromatic carbocycles. The minimum absolute atomic E-state index is 0.322. The summed E-state index contributed by atoms with van der Waals surface area (Å²) >= 11 is 3.41. The van der Waals surface area contributed by atoms with Crippen molar-refractivity contribution in [1.82, 2.24) is 20.2 Å². The fraction of sp³-hybridized carbons (Fsp3) is 0.0500. The number of halogens is 1. The quantitative estimate of drug-likeness (QED) is 0.378. The van der Waals surface area contributed by atoms with Gasteiger partial charge in [0, 0.05) is 33.3 Å². The van der Waals surface area contributed by atoms with Crippen molar-refractivity contribution < 1.29 is 4.79 Å². The predicted octanol–water partition coefficient (Wildman–Crippen LogP) is 3.94. The highest BCUT2D eigenvalue weighted by molar-refractivity contribution is 9.10. The molecule has 1 amide bonds. The molecular weight excluding hydrogens is 406 g/mol. The van der Waals surface area contributed by atoms with Crippen LogP contribution in [0.5, 0.6) is 0 Å². The van der Waals surface area contributed by atoms with Crippen molar-refractivity contribution in [3.05, 3.63) is 88.3 Å². The summed E-state index contributed by atoms with van der Waals surface area (Å²) in [6.07, 6.45) is 5.25. The SMILES string of the molecule is O=C(NN=Cc1c[nH]c2ccccc12)c1ccn(Cc2ccc(Br)cc2)n1. The summed E-state index contributed by atoms with van der Waals surface area (Å²) in [4.78, 5) is 15.4. The molecule has 7 heteroatoms. The first-order valence-corrected chi connectivity index (χ1v) is 9.16. The van der Waals surface area contributed by atoms with Crippen LogP contribution >= 0.6 is 15.9 Å². The molecule has 0 aliphatic heterocycles. The Morgan fingerprint density at radius 3 is 2.85 bits per heavy atom. The Hall–Kier alpha value is -3.19. The Labute approximate surface area is 164 Å². The number of nitrogens with one attached hydrogen (secondary N) is 2. The van der Waals surface area contributed by atoms with Gasteiger partial charge in [-0.25, -0.2) is 5.43 Å². The van der Waals surface area contributed by atoms with E-state index in [0.29, 0.717) is 12.2 Å². The molecule has 6 nitrogen and oxygen atoms in total. The number of para-hydroxylation sites is 1. The van der Waals surface area contributed by atoms with Crippen LogP contribution in [0.4, 0.5) is 0 Å². The number of fused-ring (bicyclic) bond motifs is 1. The van der Waals surface area contributed by atoms with E-state index < -0.39 is 0 Å². The first-order chi connectivity index (χ1) is 13.2. The van der Waals surface area contributed by atoms with E-state index in [-0.39, 0.29) is 5.91 Å². The highest BCUT2D eigenvalue weighted by Gasteiger charge is 2.09. The minimum Gasteiger partial charge on any atom is -0.361 e. The van der Waals surface area contributed by atoms with Crippen molar-refractivity contribution in [2.24, 2.45) is 5.10 Å². The van der Waals surface area contributed by atoms with Crippen LogP contribution in [0.2, 0.25) is 0 Å². The van der Waals surface area contributed by atoms with Crippen LogP contribution in [0.3, 0.4) is 0 Å². The van der Waals surface area contributed by atoms with E-state index in [4.69, 9.17) is 0 Å². The van der Waals surface area contributed by atoms with Crippen molar-refractivity contribution in [2.45, 2.75) is 6.54 Å². The summed E-state index contributed by atoms with van der Waals surface area (Å²) in [7, 11) is 0. The van der Waals surface area contributed by atoms with Gasteiger partial charge in [-0.3, -0.25) is 9.48 Å². The van der Waals surface area contributed by atoms with Gasteiger partial charge in [0.2, 0.25) is 0 Å². The molecule has 0 spiro atoms. The average Bonchev–Trinajstić information content (AvgIpc) is 3.31. The molecule has 0 saturated heterocycles.